The third-order valence-electron chi connectivity index (χ3n) is 4.24. The first-order valence-corrected chi connectivity index (χ1v) is 8.62. The normalized spacial score (nSPS) is 11.3. The number of para-hydroxylation sites is 1. The van der Waals surface area contributed by atoms with Crippen molar-refractivity contribution < 1.29 is 27.0 Å². The molecule has 27 heavy (non-hydrogen) atoms. The number of carboxylic acids is 1. The van der Waals surface area contributed by atoms with Crippen molar-refractivity contribution in [2.24, 2.45) is 0 Å². The summed E-state index contributed by atoms with van der Waals surface area (Å²) in [6.45, 7) is 0.562. The van der Waals surface area contributed by atoms with Crippen molar-refractivity contribution in [3.8, 4) is 0 Å². The molecule has 3 N–H and O–H groups in total. The predicted octanol–water partition coefficient (Wildman–Crippen LogP) is 4.08. The molecule has 140 valence electrons. The summed E-state index contributed by atoms with van der Waals surface area (Å²) in [7, 11) is 0. The molecule has 1 heterocycles. The molecule has 4 nitrogen and oxygen atoms in total. The fourth-order valence-corrected chi connectivity index (χ4v) is 2.86. The molecule has 0 aliphatic rings. The van der Waals surface area contributed by atoms with Gasteiger partial charge >= 0.3 is 23.0 Å². The van der Waals surface area contributed by atoms with E-state index in [1.54, 1.807) is 0 Å². The number of H-pyrrole nitrogens is 1. The third-order valence-corrected chi connectivity index (χ3v) is 4.24. The van der Waals surface area contributed by atoms with Crippen molar-refractivity contribution in [3.05, 3.63) is 96.2 Å². The SMILES string of the molecule is O=C(O)[C@H](Cc1c[nH]c2ccccc12)NC[c-]1cccc1.[Fe+2].c1cc[cH-]c1. The Balaban J connectivity index is 0.000000379. The van der Waals surface area contributed by atoms with Gasteiger partial charge in [0.1, 0.15) is 6.04 Å². The van der Waals surface area contributed by atoms with Gasteiger partial charge < -0.3 is 15.4 Å². The van der Waals surface area contributed by atoms with Gasteiger partial charge in [0.15, 0.2) is 0 Å². The van der Waals surface area contributed by atoms with Crippen molar-refractivity contribution in [3.63, 3.8) is 0 Å². The number of fused-ring (bicyclic) bond motifs is 1. The molecule has 5 heteroatoms. The van der Waals surface area contributed by atoms with Gasteiger partial charge in [0.05, 0.1) is 0 Å². The van der Waals surface area contributed by atoms with Crippen LogP contribution < -0.4 is 5.32 Å². The van der Waals surface area contributed by atoms with Crippen molar-refractivity contribution in [1.29, 1.82) is 0 Å². The van der Waals surface area contributed by atoms with Gasteiger partial charge in [0, 0.05) is 23.5 Å². The topological polar surface area (TPSA) is 65.1 Å². The van der Waals surface area contributed by atoms with Gasteiger partial charge in [-0.25, -0.2) is 24.3 Å². The monoisotopic (exact) mass is 402 g/mol. The molecular weight excluding hydrogens is 380 g/mol. The van der Waals surface area contributed by atoms with E-state index < -0.39 is 12.0 Å². The van der Waals surface area contributed by atoms with E-state index in [1.165, 1.54) is 0 Å². The van der Waals surface area contributed by atoms with Crippen LogP contribution in [0.3, 0.4) is 0 Å². The summed E-state index contributed by atoms with van der Waals surface area (Å²) in [4.78, 5) is 14.6. The van der Waals surface area contributed by atoms with E-state index in [-0.39, 0.29) is 17.1 Å². The average molecular weight is 402 g/mol. The summed E-state index contributed by atoms with van der Waals surface area (Å²) >= 11 is 0. The van der Waals surface area contributed by atoms with Crippen LogP contribution in [0.25, 0.3) is 10.9 Å². The Hall–Kier alpha value is -2.59. The summed E-state index contributed by atoms with van der Waals surface area (Å²) < 4.78 is 0. The zero-order valence-electron chi connectivity index (χ0n) is 14.8. The van der Waals surface area contributed by atoms with E-state index >= 15 is 0 Å². The van der Waals surface area contributed by atoms with Crippen LogP contribution in [0.5, 0.6) is 0 Å². The van der Waals surface area contributed by atoms with Crippen LogP contribution in [-0.4, -0.2) is 22.1 Å². The number of aromatic nitrogens is 1. The molecule has 4 rings (SSSR count). The van der Waals surface area contributed by atoms with Crippen LogP contribution in [0.2, 0.25) is 0 Å². The quantitative estimate of drug-likeness (QED) is 0.337. The van der Waals surface area contributed by atoms with Crippen LogP contribution in [-0.2, 0) is 34.8 Å². The van der Waals surface area contributed by atoms with Crippen molar-refractivity contribution in [2.45, 2.75) is 19.0 Å². The average Bonchev–Trinajstić information content (AvgIpc) is 3.42. The van der Waals surface area contributed by atoms with Gasteiger partial charge in [-0.1, -0.05) is 18.2 Å². The second kappa shape index (κ2) is 10.5. The van der Waals surface area contributed by atoms with Crippen molar-refractivity contribution in [1.82, 2.24) is 10.3 Å². The minimum Gasteiger partial charge on any atom is -0.480 e. The number of rotatable bonds is 6. The fraction of sp³-hybridized carbons (Fsp3) is 0.136. The van der Waals surface area contributed by atoms with Crippen molar-refractivity contribution in [2.75, 3.05) is 0 Å². The van der Waals surface area contributed by atoms with E-state index in [1.807, 2.05) is 85.1 Å². The van der Waals surface area contributed by atoms with Gasteiger partial charge in [0.2, 0.25) is 0 Å². The summed E-state index contributed by atoms with van der Waals surface area (Å²) in [5, 5.41) is 13.6. The molecule has 0 spiro atoms. The van der Waals surface area contributed by atoms with Gasteiger partial charge in [-0.3, -0.25) is 4.79 Å². The predicted molar refractivity (Wildman–Crippen MR) is 104 cm³/mol. The molecule has 0 amide bonds. The van der Waals surface area contributed by atoms with Gasteiger partial charge in [-0.15, -0.1) is 5.56 Å². The first-order valence-electron chi connectivity index (χ1n) is 8.62. The Bertz CT molecular complexity index is 894. The van der Waals surface area contributed by atoms with Crippen LogP contribution >= 0.6 is 0 Å². The molecule has 0 saturated carbocycles. The Labute approximate surface area is 169 Å². The first-order chi connectivity index (χ1) is 12.7. The van der Waals surface area contributed by atoms with E-state index in [0.29, 0.717) is 13.0 Å². The molecule has 0 aliphatic carbocycles. The largest absolute Gasteiger partial charge is 2.00 e. The molecule has 3 aromatic carbocycles. The number of hydrogen-bond acceptors (Lipinski definition) is 2. The van der Waals surface area contributed by atoms with E-state index in [9.17, 15) is 9.90 Å². The number of carbonyl (C=O) groups is 1. The molecule has 1 aromatic heterocycles. The molecule has 4 aromatic rings. The number of hydrogen-bond donors (Lipinski definition) is 3. The van der Waals surface area contributed by atoms with Gasteiger partial charge in [-0.05, 0) is 18.2 Å². The van der Waals surface area contributed by atoms with Crippen LogP contribution in [0, 0.1) is 0 Å². The maximum absolute atomic E-state index is 11.4. The Kier molecular flexibility index (Phi) is 8.08. The number of aromatic amines is 1. The molecule has 0 saturated heterocycles. The van der Waals surface area contributed by atoms with E-state index in [4.69, 9.17) is 0 Å². The van der Waals surface area contributed by atoms with Crippen LogP contribution in [0.1, 0.15) is 11.1 Å². The van der Waals surface area contributed by atoms with Crippen LogP contribution in [0.15, 0.2) is 85.1 Å². The second-order valence-electron chi connectivity index (χ2n) is 6.09. The number of nitrogens with one attached hydrogen (secondary N) is 2. The standard InChI is InChI=1S/C17H17N2O2.C5H5.Fe/c20-17(21)16(18-10-12-5-1-2-6-12)9-13-11-19-15-8-4-3-7-14(13)15;1-2-4-5-3-1;/h1-8,11,16,18-19H,9-10H2,(H,20,21);1-5H;/q2*-1;+2/t16-;;/m0../s1. The Morgan fingerprint density at radius 3 is 2.44 bits per heavy atom. The third kappa shape index (κ3) is 5.97. The fourth-order valence-electron chi connectivity index (χ4n) is 2.86. The number of carboxylic acid groups (broad SMARTS) is 1. The number of aliphatic carboxylic acids is 1. The minimum absolute atomic E-state index is 0. The maximum Gasteiger partial charge on any atom is 2.00 e. The summed E-state index contributed by atoms with van der Waals surface area (Å²) in [6, 6.07) is 25.2. The smallest absolute Gasteiger partial charge is 0.480 e. The van der Waals surface area contributed by atoms with Crippen LogP contribution in [0.4, 0.5) is 0 Å². The molecule has 0 aliphatic heterocycles. The van der Waals surface area contributed by atoms with E-state index in [2.05, 4.69) is 10.3 Å². The maximum atomic E-state index is 11.4. The molecule has 0 bridgehead atoms. The molecule has 0 fully saturated rings. The zero-order valence-corrected chi connectivity index (χ0v) is 15.9. The summed E-state index contributed by atoms with van der Waals surface area (Å²) in [5.41, 5.74) is 3.15. The molecule has 0 radical (unpaired) electrons. The molecule has 0 unspecified atom stereocenters. The van der Waals surface area contributed by atoms with Gasteiger partial charge in [-0.2, -0.15) is 30.3 Å². The number of benzene rings is 1. The summed E-state index contributed by atoms with van der Waals surface area (Å²) in [6.07, 6.45) is 2.35. The van der Waals surface area contributed by atoms with Gasteiger partial charge in [0.25, 0.3) is 0 Å². The molecule has 1 atom stereocenters. The summed E-state index contributed by atoms with van der Waals surface area (Å²) in [5.74, 6) is -0.827. The zero-order chi connectivity index (χ0) is 18.2. The minimum atomic E-state index is -0.827. The Morgan fingerprint density at radius 1 is 1.11 bits per heavy atom. The van der Waals surface area contributed by atoms with E-state index in [0.717, 1.165) is 22.0 Å². The van der Waals surface area contributed by atoms with Crippen molar-refractivity contribution >= 4 is 16.9 Å². The molecular formula is C22H22FeN2O2. The Morgan fingerprint density at radius 2 is 1.81 bits per heavy atom. The second-order valence-corrected chi connectivity index (χ2v) is 6.09. The first kappa shape index (κ1) is 20.7.